The lowest BCUT2D eigenvalue weighted by Crippen LogP contribution is -2.44. The Morgan fingerprint density at radius 1 is 1.28 bits per heavy atom. The van der Waals surface area contributed by atoms with Gasteiger partial charge in [-0.25, -0.2) is 0 Å². The average molecular weight is 367 g/mol. The number of carbonyl (C=O) groups excluding carboxylic acids is 1. The number of amides is 1. The van der Waals surface area contributed by atoms with Gasteiger partial charge in [0.1, 0.15) is 0 Å². The van der Waals surface area contributed by atoms with Crippen molar-refractivity contribution in [1.29, 1.82) is 0 Å². The first-order valence-corrected chi connectivity index (χ1v) is 9.42. The number of nitrogens with one attached hydrogen (secondary N) is 1. The molecule has 0 unspecified atom stereocenters. The Morgan fingerprint density at radius 3 is 2.68 bits per heavy atom. The zero-order chi connectivity index (χ0) is 18.0. The summed E-state index contributed by atoms with van der Waals surface area (Å²) in [6, 6.07) is 4.16. The fraction of sp³-hybridized carbons (Fsp3) is 0.632. The van der Waals surface area contributed by atoms with Gasteiger partial charge in [0.2, 0.25) is 12.7 Å². The molecule has 6 heteroatoms. The van der Waals surface area contributed by atoms with Crippen molar-refractivity contribution in [3.63, 3.8) is 0 Å². The molecule has 1 aromatic rings. The summed E-state index contributed by atoms with van der Waals surface area (Å²) in [5.41, 5.74) is 1.12. The third-order valence-electron chi connectivity index (χ3n) is 5.22. The molecule has 0 bridgehead atoms. The molecule has 0 spiro atoms. The Morgan fingerprint density at radius 2 is 2.00 bits per heavy atom. The fourth-order valence-corrected chi connectivity index (χ4v) is 3.52. The molecule has 5 nitrogen and oxygen atoms in total. The van der Waals surface area contributed by atoms with Crippen LogP contribution in [-0.2, 0) is 11.3 Å². The Hall–Kier alpha value is -1.46. The smallest absolute Gasteiger partial charge is 0.231 e. The average Bonchev–Trinajstić information content (AvgIpc) is 3.04. The van der Waals surface area contributed by atoms with Crippen LogP contribution in [0.3, 0.4) is 0 Å². The first-order valence-electron chi connectivity index (χ1n) is 9.04. The Balaban J connectivity index is 1.51. The number of hydrogen-bond donors (Lipinski definition) is 1. The number of piperidine rings is 1. The molecule has 2 aliphatic heterocycles. The molecule has 0 aromatic heterocycles. The van der Waals surface area contributed by atoms with Crippen molar-refractivity contribution in [3.8, 4) is 11.5 Å². The molecule has 1 aromatic carbocycles. The van der Waals surface area contributed by atoms with Crippen LogP contribution >= 0.6 is 11.6 Å². The minimum absolute atomic E-state index is 0.123. The van der Waals surface area contributed by atoms with Gasteiger partial charge in [-0.3, -0.25) is 9.69 Å². The van der Waals surface area contributed by atoms with Crippen molar-refractivity contribution in [2.45, 2.75) is 46.2 Å². The highest BCUT2D eigenvalue weighted by Gasteiger charge is 2.27. The summed E-state index contributed by atoms with van der Waals surface area (Å²) in [4.78, 5) is 14.7. The minimum atomic E-state index is 0.123. The standard InChI is InChI=1S/C19H27ClN2O3/c1-12(2)13(3)21-19(23)15-4-6-22(7-5-15)10-14-8-16(20)18-17(9-14)24-11-25-18/h8-9,12-13,15H,4-7,10-11H2,1-3H3,(H,21,23)/t13-/m0/s1. The monoisotopic (exact) mass is 366 g/mol. The van der Waals surface area contributed by atoms with E-state index in [4.69, 9.17) is 21.1 Å². The molecule has 1 amide bonds. The van der Waals surface area contributed by atoms with E-state index in [1.54, 1.807) is 0 Å². The number of halogens is 1. The first kappa shape index (κ1) is 18.3. The third-order valence-corrected chi connectivity index (χ3v) is 5.50. The van der Waals surface area contributed by atoms with Crippen LogP contribution in [0.15, 0.2) is 12.1 Å². The van der Waals surface area contributed by atoms with E-state index in [2.05, 4.69) is 31.0 Å². The fourth-order valence-electron chi connectivity index (χ4n) is 3.23. The molecule has 0 aliphatic carbocycles. The van der Waals surface area contributed by atoms with Gasteiger partial charge in [0.15, 0.2) is 11.5 Å². The topological polar surface area (TPSA) is 50.8 Å². The second-order valence-electron chi connectivity index (χ2n) is 7.40. The zero-order valence-corrected chi connectivity index (χ0v) is 15.9. The van der Waals surface area contributed by atoms with Gasteiger partial charge in [-0.1, -0.05) is 25.4 Å². The molecule has 25 heavy (non-hydrogen) atoms. The van der Waals surface area contributed by atoms with Crippen LogP contribution in [0, 0.1) is 11.8 Å². The van der Waals surface area contributed by atoms with Gasteiger partial charge in [-0.15, -0.1) is 0 Å². The number of benzene rings is 1. The summed E-state index contributed by atoms with van der Waals surface area (Å²) in [5, 5.41) is 3.74. The van der Waals surface area contributed by atoms with E-state index in [0.29, 0.717) is 16.7 Å². The van der Waals surface area contributed by atoms with Crippen molar-refractivity contribution in [1.82, 2.24) is 10.2 Å². The van der Waals surface area contributed by atoms with Gasteiger partial charge in [0.05, 0.1) is 5.02 Å². The summed E-state index contributed by atoms with van der Waals surface area (Å²) >= 11 is 6.25. The number of ether oxygens (including phenoxy) is 2. The van der Waals surface area contributed by atoms with Gasteiger partial charge < -0.3 is 14.8 Å². The van der Waals surface area contributed by atoms with Crippen LogP contribution < -0.4 is 14.8 Å². The lowest BCUT2D eigenvalue weighted by molar-refractivity contribution is -0.127. The molecule has 2 aliphatic rings. The van der Waals surface area contributed by atoms with Gasteiger partial charge in [0.25, 0.3) is 0 Å². The van der Waals surface area contributed by atoms with E-state index in [9.17, 15) is 4.79 Å². The maximum absolute atomic E-state index is 12.4. The second kappa shape index (κ2) is 7.83. The molecule has 1 saturated heterocycles. The third kappa shape index (κ3) is 4.39. The molecular formula is C19H27ClN2O3. The van der Waals surface area contributed by atoms with Crippen LogP contribution in [-0.4, -0.2) is 36.7 Å². The summed E-state index contributed by atoms with van der Waals surface area (Å²) in [7, 11) is 0. The lowest BCUT2D eigenvalue weighted by Gasteiger charge is -2.32. The molecule has 1 N–H and O–H groups in total. The van der Waals surface area contributed by atoms with Crippen LogP contribution in [0.2, 0.25) is 5.02 Å². The predicted octanol–water partition coefficient (Wildman–Crippen LogP) is 3.44. The van der Waals surface area contributed by atoms with Crippen LogP contribution in [0.4, 0.5) is 0 Å². The van der Waals surface area contributed by atoms with E-state index in [1.807, 2.05) is 12.1 Å². The number of likely N-dealkylation sites (tertiary alicyclic amines) is 1. The molecule has 1 fully saturated rings. The largest absolute Gasteiger partial charge is 0.454 e. The number of rotatable bonds is 5. The second-order valence-corrected chi connectivity index (χ2v) is 7.81. The zero-order valence-electron chi connectivity index (χ0n) is 15.2. The van der Waals surface area contributed by atoms with Gasteiger partial charge >= 0.3 is 0 Å². The number of carbonyl (C=O) groups is 1. The molecular weight excluding hydrogens is 340 g/mol. The highest BCUT2D eigenvalue weighted by molar-refractivity contribution is 6.32. The summed E-state index contributed by atoms with van der Waals surface area (Å²) in [5.74, 6) is 2.14. The number of nitrogens with zero attached hydrogens (tertiary/aromatic N) is 1. The highest BCUT2D eigenvalue weighted by atomic mass is 35.5. The summed E-state index contributed by atoms with van der Waals surface area (Å²) in [6.45, 7) is 9.20. The Bertz CT molecular complexity index is 627. The van der Waals surface area contributed by atoms with Crippen molar-refractivity contribution in [2.75, 3.05) is 19.9 Å². The van der Waals surface area contributed by atoms with E-state index in [0.717, 1.165) is 43.8 Å². The minimum Gasteiger partial charge on any atom is -0.454 e. The first-order chi connectivity index (χ1) is 11.9. The van der Waals surface area contributed by atoms with E-state index >= 15 is 0 Å². The van der Waals surface area contributed by atoms with Crippen molar-refractivity contribution in [2.24, 2.45) is 11.8 Å². The van der Waals surface area contributed by atoms with Crippen molar-refractivity contribution < 1.29 is 14.3 Å². The van der Waals surface area contributed by atoms with E-state index < -0.39 is 0 Å². The predicted molar refractivity (Wildman–Crippen MR) is 98.0 cm³/mol. The Labute approximate surface area is 154 Å². The van der Waals surface area contributed by atoms with Crippen molar-refractivity contribution in [3.05, 3.63) is 22.7 Å². The normalized spacial score (nSPS) is 19.2. The molecule has 2 heterocycles. The van der Waals surface area contributed by atoms with Gasteiger partial charge in [0, 0.05) is 18.5 Å². The maximum atomic E-state index is 12.4. The molecule has 1 atom stereocenters. The van der Waals surface area contributed by atoms with Gasteiger partial charge in [-0.05, 0) is 56.5 Å². The summed E-state index contributed by atoms with van der Waals surface area (Å²) < 4.78 is 10.8. The maximum Gasteiger partial charge on any atom is 0.231 e. The molecule has 138 valence electrons. The molecule has 0 radical (unpaired) electrons. The SMILES string of the molecule is CC(C)[C@H](C)NC(=O)C1CCN(Cc2cc(Cl)c3c(c2)OCO3)CC1. The van der Waals surface area contributed by atoms with Gasteiger partial charge in [-0.2, -0.15) is 0 Å². The highest BCUT2D eigenvalue weighted by Crippen LogP contribution is 2.40. The summed E-state index contributed by atoms with van der Waals surface area (Å²) in [6.07, 6.45) is 1.80. The quantitative estimate of drug-likeness (QED) is 0.867. The lowest BCUT2D eigenvalue weighted by atomic mass is 9.94. The van der Waals surface area contributed by atoms with Crippen LogP contribution in [0.1, 0.15) is 39.2 Å². The molecule has 0 saturated carbocycles. The number of hydrogen-bond acceptors (Lipinski definition) is 4. The van der Waals surface area contributed by atoms with E-state index in [-0.39, 0.29) is 24.7 Å². The van der Waals surface area contributed by atoms with Crippen molar-refractivity contribution >= 4 is 17.5 Å². The Kier molecular flexibility index (Phi) is 5.74. The van der Waals surface area contributed by atoms with Crippen LogP contribution in [0.5, 0.6) is 11.5 Å². The molecule has 3 rings (SSSR count). The van der Waals surface area contributed by atoms with E-state index in [1.165, 1.54) is 0 Å². The number of fused-ring (bicyclic) bond motifs is 1. The van der Waals surface area contributed by atoms with Crippen LogP contribution in [0.25, 0.3) is 0 Å².